The summed E-state index contributed by atoms with van der Waals surface area (Å²) in [7, 11) is -0.122. The van der Waals surface area contributed by atoms with E-state index in [9.17, 15) is 8.42 Å². The minimum atomic E-state index is -3.28. The van der Waals surface area contributed by atoms with Crippen molar-refractivity contribution in [1.29, 1.82) is 0 Å². The quantitative estimate of drug-likeness (QED) is 0.807. The summed E-state index contributed by atoms with van der Waals surface area (Å²) in [6, 6.07) is 3.88. The van der Waals surface area contributed by atoms with Gasteiger partial charge < -0.3 is 4.74 Å². The van der Waals surface area contributed by atoms with E-state index >= 15 is 0 Å². The van der Waals surface area contributed by atoms with Crippen LogP contribution in [0.2, 0.25) is 0 Å². The lowest BCUT2D eigenvalue weighted by Crippen LogP contribution is -2.29. The average Bonchev–Trinajstić information content (AvgIpc) is 2.36. The molecule has 19 heavy (non-hydrogen) atoms. The molecule has 1 rings (SSSR count). The van der Waals surface area contributed by atoms with Crippen LogP contribution in [0.15, 0.2) is 12.1 Å². The first kappa shape index (κ1) is 15.8. The van der Waals surface area contributed by atoms with Crippen molar-refractivity contribution in [2.75, 3.05) is 24.2 Å². The zero-order valence-corrected chi connectivity index (χ0v) is 13.2. The zero-order valence-electron chi connectivity index (χ0n) is 12.4. The number of aryl methyl sites for hydroxylation is 2. The molecule has 0 aliphatic heterocycles. The van der Waals surface area contributed by atoms with Gasteiger partial charge in [-0.25, -0.2) is 8.42 Å². The van der Waals surface area contributed by atoms with E-state index in [0.717, 1.165) is 17.5 Å². The van der Waals surface area contributed by atoms with Crippen LogP contribution in [0.1, 0.15) is 31.4 Å². The van der Waals surface area contributed by atoms with Gasteiger partial charge in [0.2, 0.25) is 10.0 Å². The Morgan fingerprint density at radius 3 is 2.37 bits per heavy atom. The summed E-state index contributed by atoms with van der Waals surface area (Å²) in [6.07, 6.45) is 1.40. The van der Waals surface area contributed by atoms with Crippen molar-refractivity contribution in [3.63, 3.8) is 0 Å². The minimum Gasteiger partial charge on any atom is -0.494 e. The van der Waals surface area contributed by atoms with Crippen LogP contribution in [0.25, 0.3) is 0 Å². The van der Waals surface area contributed by atoms with Crippen LogP contribution in [0.5, 0.6) is 5.75 Å². The van der Waals surface area contributed by atoms with Crippen LogP contribution in [0, 0.1) is 6.92 Å². The summed E-state index contributed by atoms with van der Waals surface area (Å²) < 4.78 is 31.1. The molecular formula is C14H23NO3S. The van der Waals surface area contributed by atoms with Gasteiger partial charge in [0.05, 0.1) is 18.6 Å². The maximum Gasteiger partial charge on any atom is 0.235 e. The molecule has 4 nitrogen and oxygen atoms in total. The Labute approximate surface area is 116 Å². The zero-order chi connectivity index (χ0) is 14.6. The number of anilines is 1. The number of sulfonamides is 1. The highest BCUT2D eigenvalue weighted by Crippen LogP contribution is 2.34. The first-order valence-corrected chi connectivity index (χ1v) is 8.12. The predicted octanol–water partition coefficient (Wildman–Crippen LogP) is 2.74. The summed E-state index contributed by atoms with van der Waals surface area (Å²) >= 11 is 0. The maximum atomic E-state index is 12.2. The maximum absolute atomic E-state index is 12.2. The second-order valence-electron chi connectivity index (χ2n) is 4.61. The first-order chi connectivity index (χ1) is 8.87. The summed E-state index contributed by atoms with van der Waals surface area (Å²) in [5.41, 5.74) is 2.68. The fourth-order valence-electron chi connectivity index (χ4n) is 2.10. The average molecular weight is 285 g/mol. The highest BCUT2D eigenvalue weighted by atomic mass is 32.2. The molecule has 0 radical (unpaired) electrons. The summed E-state index contributed by atoms with van der Waals surface area (Å²) in [5, 5.41) is 0. The van der Waals surface area contributed by atoms with Gasteiger partial charge in [-0.05, 0) is 37.0 Å². The molecule has 0 unspecified atom stereocenters. The molecule has 0 saturated carbocycles. The standard InChI is InChI=1S/C14H23NO3S/c1-6-8-19(16,17)15(4)13-10-11(3)9-12(7-2)14(13)18-5/h9-10H,6-8H2,1-5H3. The lowest BCUT2D eigenvalue weighted by Gasteiger charge is -2.23. The topological polar surface area (TPSA) is 46.6 Å². The lowest BCUT2D eigenvalue weighted by atomic mass is 10.1. The Kier molecular flexibility index (Phi) is 5.23. The Hall–Kier alpha value is -1.23. The van der Waals surface area contributed by atoms with E-state index in [1.165, 1.54) is 4.31 Å². The van der Waals surface area contributed by atoms with Gasteiger partial charge in [0, 0.05) is 7.05 Å². The Bertz CT molecular complexity index is 538. The summed E-state index contributed by atoms with van der Waals surface area (Å²) in [4.78, 5) is 0. The van der Waals surface area contributed by atoms with Gasteiger partial charge in [0.1, 0.15) is 5.75 Å². The van der Waals surface area contributed by atoms with Crippen LogP contribution in [0.3, 0.4) is 0 Å². The number of nitrogens with zero attached hydrogens (tertiary/aromatic N) is 1. The number of benzene rings is 1. The van der Waals surface area contributed by atoms with Crippen LogP contribution < -0.4 is 9.04 Å². The molecule has 5 heteroatoms. The van der Waals surface area contributed by atoms with Gasteiger partial charge >= 0.3 is 0 Å². The molecule has 0 fully saturated rings. The molecule has 1 aromatic carbocycles. The third-order valence-electron chi connectivity index (χ3n) is 3.09. The highest BCUT2D eigenvalue weighted by molar-refractivity contribution is 7.92. The smallest absolute Gasteiger partial charge is 0.235 e. The molecule has 0 amide bonds. The lowest BCUT2D eigenvalue weighted by molar-refractivity contribution is 0.411. The Morgan fingerprint density at radius 2 is 1.89 bits per heavy atom. The molecule has 0 spiro atoms. The van der Waals surface area contributed by atoms with Crippen molar-refractivity contribution in [3.8, 4) is 5.75 Å². The minimum absolute atomic E-state index is 0.141. The SMILES string of the molecule is CCCS(=O)(=O)N(C)c1cc(C)cc(CC)c1OC. The van der Waals surface area contributed by atoms with Crippen LogP contribution in [0.4, 0.5) is 5.69 Å². The van der Waals surface area contributed by atoms with Crippen molar-refractivity contribution in [1.82, 2.24) is 0 Å². The molecule has 0 aromatic heterocycles. The van der Waals surface area contributed by atoms with Gasteiger partial charge in [-0.15, -0.1) is 0 Å². The molecule has 0 aliphatic carbocycles. The fraction of sp³-hybridized carbons (Fsp3) is 0.571. The van der Waals surface area contributed by atoms with Gasteiger partial charge in [-0.3, -0.25) is 4.31 Å². The largest absolute Gasteiger partial charge is 0.494 e. The van der Waals surface area contributed by atoms with Crippen LogP contribution in [-0.2, 0) is 16.4 Å². The second-order valence-corrected chi connectivity index (χ2v) is 6.73. The first-order valence-electron chi connectivity index (χ1n) is 6.51. The third kappa shape index (κ3) is 3.41. The van der Waals surface area contributed by atoms with Gasteiger partial charge in [-0.2, -0.15) is 0 Å². The molecule has 0 N–H and O–H groups in total. The van der Waals surface area contributed by atoms with Crippen molar-refractivity contribution in [2.45, 2.75) is 33.6 Å². The van der Waals surface area contributed by atoms with E-state index in [0.29, 0.717) is 17.9 Å². The molecule has 0 atom stereocenters. The Balaban J connectivity index is 3.37. The molecule has 0 bridgehead atoms. The third-order valence-corrected chi connectivity index (χ3v) is 5.05. The molecule has 108 valence electrons. The van der Waals surface area contributed by atoms with Gasteiger partial charge in [0.25, 0.3) is 0 Å². The van der Waals surface area contributed by atoms with E-state index in [-0.39, 0.29) is 5.75 Å². The Morgan fingerprint density at radius 1 is 1.26 bits per heavy atom. The van der Waals surface area contributed by atoms with Crippen LogP contribution >= 0.6 is 0 Å². The van der Waals surface area contributed by atoms with Crippen LogP contribution in [-0.4, -0.2) is 28.3 Å². The second kappa shape index (κ2) is 6.28. The van der Waals surface area contributed by atoms with E-state index in [4.69, 9.17) is 4.74 Å². The normalized spacial score (nSPS) is 11.4. The predicted molar refractivity (Wildman–Crippen MR) is 79.6 cm³/mol. The molecule has 0 aliphatic rings. The summed E-state index contributed by atoms with van der Waals surface area (Å²) in [5.74, 6) is 0.789. The van der Waals surface area contributed by atoms with Gasteiger partial charge in [0.15, 0.2) is 0 Å². The molecule has 0 saturated heterocycles. The molecule has 0 heterocycles. The van der Waals surface area contributed by atoms with Crippen molar-refractivity contribution >= 4 is 15.7 Å². The number of hydrogen-bond acceptors (Lipinski definition) is 3. The number of rotatable bonds is 6. The van der Waals surface area contributed by atoms with Crippen molar-refractivity contribution < 1.29 is 13.2 Å². The van der Waals surface area contributed by atoms with E-state index < -0.39 is 10.0 Å². The molecule has 1 aromatic rings. The number of methoxy groups -OCH3 is 1. The van der Waals surface area contributed by atoms with Crippen molar-refractivity contribution in [3.05, 3.63) is 23.3 Å². The highest BCUT2D eigenvalue weighted by Gasteiger charge is 2.22. The van der Waals surface area contributed by atoms with E-state index in [1.54, 1.807) is 14.2 Å². The van der Waals surface area contributed by atoms with Crippen molar-refractivity contribution in [2.24, 2.45) is 0 Å². The fourth-order valence-corrected chi connectivity index (χ4v) is 3.33. The van der Waals surface area contributed by atoms with Gasteiger partial charge in [-0.1, -0.05) is 19.9 Å². The summed E-state index contributed by atoms with van der Waals surface area (Å²) in [6.45, 7) is 5.85. The monoisotopic (exact) mass is 285 g/mol. The molecular weight excluding hydrogens is 262 g/mol. The number of hydrogen-bond donors (Lipinski definition) is 0. The van der Waals surface area contributed by atoms with E-state index in [2.05, 4.69) is 0 Å². The van der Waals surface area contributed by atoms with E-state index in [1.807, 2.05) is 32.9 Å². The number of ether oxygens (including phenoxy) is 1.